The summed E-state index contributed by atoms with van der Waals surface area (Å²) in [4.78, 5) is 10.4. The molecular weight excluding hydrogens is 144 g/mol. The Morgan fingerprint density at radius 3 is 2.73 bits per heavy atom. The standard InChI is InChI=1S/C7H12N2O2/c1-6(10)8-9-7-2-4-11-5-3-7/h2-5H2,1H3,(H,8,10). The van der Waals surface area contributed by atoms with Crippen molar-refractivity contribution in [3.8, 4) is 0 Å². The van der Waals surface area contributed by atoms with Crippen molar-refractivity contribution >= 4 is 11.6 Å². The Morgan fingerprint density at radius 2 is 2.18 bits per heavy atom. The Morgan fingerprint density at radius 1 is 1.55 bits per heavy atom. The highest BCUT2D eigenvalue weighted by Gasteiger charge is 2.06. The van der Waals surface area contributed by atoms with Gasteiger partial charge in [0, 0.05) is 25.5 Å². The van der Waals surface area contributed by atoms with Gasteiger partial charge in [0.2, 0.25) is 5.91 Å². The minimum absolute atomic E-state index is 0.121. The quantitative estimate of drug-likeness (QED) is 0.555. The summed E-state index contributed by atoms with van der Waals surface area (Å²) in [5, 5.41) is 3.92. The van der Waals surface area contributed by atoms with Crippen molar-refractivity contribution in [2.24, 2.45) is 5.10 Å². The van der Waals surface area contributed by atoms with Gasteiger partial charge in [0.1, 0.15) is 0 Å². The number of nitrogens with zero attached hydrogens (tertiary/aromatic N) is 1. The number of rotatable bonds is 1. The van der Waals surface area contributed by atoms with Crippen molar-refractivity contribution in [1.82, 2.24) is 5.43 Å². The average molecular weight is 156 g/mol. The molecule has 11 heavy (non-hydrogen) atoms. The summed E-state index contributed by atoms with van der Waals surface area (Å²) in [5.41, 5.74) is 3.43. The van der Waals surface area contributed by atoms with Crippen LogP contribution in [0.4, 0.5) is 0 Å². The average Bonchev–Trinajstić information content (AvgIpc) is 2.03. The monoisotopic (exact) mass is 156 g/mol. The molecule has 1 amide bonds. The van der Waals surface area contributed by atoms with Crippen molar-refractivity contribution < 1.29 is 9.53 Å². The molecule has 0 aromatic carbocycles. The van der Waals surface area contributed by atoms with E-state index in [1.54, 1.807) is 0 Å². The van der Waals surface area contributed by atoms with Gasteiger partial charge in [0.05, 0.1) is 13.2 Å². The highest BCUT2D eigenvalue weighted by atomic mass is 16.5. The second-order valence-electron chi connectivity index (χ2n) is 2.46. The van der Waals surface area contributed by atoms with Crippen molar-refractivity contribution in [2.45, 2.75) is 19.8 Å². The van der Waals surface area contributed by atoms with Gasteiger partial charge < -0.3 is 4.74 Å². The molecule has 1 saturated heterocycles. The summed E-state index contributed by atoms with van der Waals surface area (Å²) in [5.74, 6) is -0.121. The number of amides is 1. The second kappa shape index (κ2) is 4.08. The van der Waals surface area contributed by atoms with Crippen molar-refractivity contribution in [2.75, 3.05) is 13.2 Å². The van der Waals surface area contributed by atoms with E-state index in [-0.39, 0.29) is 5.91 Å². The van der Waals surface area contributed by atoms with E-state index >= 15 is 0 Å². The molecule has 1 rings (SSSR count). The third kappa shape index (κ3) is 3.13. The lowest BCUT2D eigenvalue weighted by Crippen LogP contribution is -2.21. The van der Waals surface area contributed by atoms with Crippen LogP contribution in [0.3, 0.4) is 0 Å². The van der Waals surface area contributed by atoms with Crippen LogP contribution in [0.5, 0.6) is 0 Å². The van der Waals surface area contributed by atoms with Crippen LogP contribution in [0.15, 0.2) is 5.10 Å². The van der Waals surface area contributed by atoms with E-state index in [1.807, 2.05) is 0 Å². The first kappa shape index (κ1) is 8.20. The third-order valence-corrected chi connectivity index (χ3v) is 1.44. The Bertz CT molecular complexity index is 169. The van der Waals surface area contributed by atoms with Gasteiger partial charge in [-0.3, -0.25) is 4.79 Å². The fourth-order valence-electron chi connectivity index (χ4n) is 0.877. The Hall–Kier alpha value is -0.900. The first-order valence-corrected chi connectivity index (χ1v) is 3.69. The molecule has 1 aliphatic heterocycles. The zero-order chi connectivity index (χ0) is 8.10. The maximum absolute atomic E-state index is 10.4. The van der Waals surface area contributed by atoms with Crippen LogP contribution in [0, 0.1) is 0 Å². The smallest absolute Gasteiger partial charge is 0.236 e. The van der Waals surface area contributed by atoms with Gasteiger partial charge >= 0.3 is 0 Å². The van der Waals surface area contributed by atoms with E-state index in [0.717, 1.165) is 31.8 Å². The molecule has 1 fully saturated rings. The van der Waals surface area contributed by atoms with Gasteiger partial charge in [-0.15, -0.1) is 0 Å². The largest absolute Gasteiger partial charge is 0.381 e. The van der Waals surface area contributed by atoms with E-state index in [2.05, 4.69) is 10.5 Å². The summed E-state index contributed by atoms with van der Waals surface area (Å²) in [7, 11) is 0. The zero-order valence-electron chi connectivity index (χ0n) is 6.59. The fraction of sp³-hybridized carbons (Fsp3) is 0.714. The Kier molecular flexibility index (Phi) is 3.04. The lowest BCUT2D eigenvalue weighted by molar-refractivity contribution is -0.118. The van der Waals surface area contributed by atoms with E-state index in [0.29, 0.717) is 0 Å². The molecular formula is C7H12N2O2. The zero-order valence-corrected chi connectivity index (χ0v) is 6.59. The van der Waals surface area contributed by atoms with Crippen LogP contribution in [0.25, 0.3) is 0 Å². The van der Waals surface area contributed by atoms with Crippen LogP contribution in [0.2, 0.25) is 0 Å². The summed E-state index contributed by atoms with van der Waals surface area (Å²) < 4.78 is 5.11. The van der Waals surface area contributed by atoms with Crippen LogP contribution in [-0.2, 0) is 9.53 Å². The molecule has 1 aliphatic rings. The van der Waals surface area contributed by atoms with Crippen LogP contribution >= 0.6 is 0 Å². The number of hydrogen-bond acceptors (Lipinski definition) is 3. The molecule has 0 aliphatic carbocycles. The minimum Gasteiger partial charge on any atom is -0.381 e. The van der Waals surface area contributed by atoms with Crippen molar-refractivity contribution in [1.29, 1.82) is 0 Å². The molecule has 0 saturated carbocycles. The molecule has 1 N–H and O–H groups in total. The molecule has 62 valence electrons. The van der Waals surface area contributed by atoms with Gasteiger partial charge in [0.15, 0.2) is 0 Å². The first-order valence-electron chi connectivity index (χ1n) is 3.69. The van der Waals surface area contributed by atoms with E-state index < -0.39 is 0 Å². The second-order valence-corrected chi connectivity index (χ2v) is 2.46. The molecule has 0 aromatic rings. The summed E-state index contributed by atoms with van der Waals surface area (Å²) in [6.07, 6.45) is 1.67. The molecule has 0 aromatic heterocycles. The number of hydrazone groups is 1. The van der Waals surface area contributed by atoms with Gasteiger partial charge in [-0.25, -0.2) is 5.43 Å². The van der Waals surface area contributed by atoms with E-state index in [1.165, 1.54) is 6.92 Å². The highest BCUT2D eigenvalue weighted by molar-refractivity contribution is 5.86. The third-order valence-electron chi connectivity index (χ3n) is 1.44. The van der Waals surface area contributed by atoms with Gasteiger partial charge in [-0.05, 0) is 0 Å². The number of nitrogens with one attached hydrogen (secondary N) is 1. The molecule has 0 unspecified atom stereocenters. The number of hydrogen-bond donors (Lipinski definition) is 1. The van der Waals surface area contributed by atoms with Gasteiger partial charge in [0.25, 0.3) is 0 Å². The maximum Gasteiger partial charge on any atom is 0.236 e. The SMILES string of the molecule is CC(=O)NN=C1CCOCC1. The van der Waals surface area contributed by atoms with Crippen LogP contribution in [0.1, 0.15) is 19.8 Å². The molecule has 4 heteroatoms. The first-order chi connectivity index (χ1) is 5.29. The molecule has 0 spiro atoms. The van der Waals surface area contributed by atoms with Gasteiger partial charge in [-0.2, -0.15) is 5.10 Å². The Balaban J connectivity index is 2.32. The van der Waals surface area contributed by atoms with Crippen LogP contribution in [-0.4, -0.2) is 24.8 Å². The summed E-state index contributed by atoms with van der Waals surface area (Å²) in [6, 6.07) is 0. The Labute approximate surface area is 65.6 Å². The number of ether oxygens (including phenoxy) is 1. The fourth-order valence-corrected chi connectivity index (χ4v) is 0.877. The number of carbonyl (C=O) groups excluding carboxylic acids is 1. The lowest BCUT2D eigenvalue weighted by Gasteiger charge is -2.12. The molecule has 1 heterocycles. The molecule has 0 radical (unpaired) electrons. The predicted molar refractivity (Wildman–Crippen MR) is 41.3 cm³/mol. The topological polar surface area (TPSA) is 50.7 Å². The summed E-state index contributed by atoms with van der Waals surface area (Å²) in [6.45, 7) is 2.89. The van der Waals surface area contributed by atoms with Crippen molar-refractivity contribution in [3.63, 3.8) is 0 Å². The highest BCUT2D eigenvalue weighted by Crippen LogP contribution is 2.01. The predicted octanol–water partition coefficient (Wildman–Crippen LogP) is 0.289. The molecule has 0 atom stereocenters. The maximum atomic E-state index is 10.4. The molecule has 0 bridgehead atoms. The van der Waals surface area contributed by atoms with Crippen molar-refractivity contribution in [3.05, 3.63) is 0 Å². The lowest BCUT2D eigenvalue weighted by atomic mass is 10.2. The van der Waals surface area contributed by atoms with Gasteiger partial charge in [-0.1, -0.05) is 0 Å². The summed E-state index contributed by atoms with van der Waals surface area (Å²) >= 11 is 0. The van der Waals surface area contributed by atoms with Crippen LogP contribution < -0.4 is 5.43 Å². The van der Waals surface area contributed by atoms with E-state index in [9.17, 15) is 4.79 Å². The normalized spacial score (nSPS) is 17.7. The number of carbonyl (C=O) groups is 1. The van der Waals surface area contributed by atoms with E-state index in [4.69, 9.17) is 4.74 Å². The molecule has 4 nitrogen and oxygen atoms in total. The minimum atomic E-state index is -0.121.